The van der Waals surface area contributed by atoms with Gasteiger partial charge in [0.2, 0.25) is 0 Å². The Hall–Kier alpha value is -1.23. The van der Waals surface area contributed by atoms with E-state index in [9.17, 15) is 4.39 Å². The van der Waals surface area contributed by atoms with E-state index in [0.717, 1.165) is 0 Å². The minimum atomic E-state index is -0.349. The molecule has 82 valence electrons. The maximum Gasteiger partial charge on any atom is 0.170 e. The summed E-state index contributed by atoms with van der Waals surface area (Å²) < 4.78 is 13.5. The molecule has 5 heteroatoms. The van der Waals surface area contributed by atoms with Gasteiger partial charge in [-0.15, -0.1) is 11.8 Å². The second-order valence-corrected chi connectivity index (χ2v) is 4.92. The van der Waals surface area contributed by atoms with Crippen LogP contribution in [0.25, 0.3) is 0 Å². The topological polar surface area (TPSA) is 58.6 Å². The molecule has 0 heterocycles. The number of nitrogens with two attached hydrogens (primary N) is 1. The fraction of sp³-hybridized carbons (Fsp3) is 0.300. The third-order valence-corrected chi connectivity index (χ3v) is 2.75. The van der Waals surface area contributed by atoms with Crippen LogP contribution in [-0.4, -0.2) is 16.3 Å². The van der Waals surface area contributed by atoms with Crippen LogP contribution in [0.15, 0.2) is 28.3 Å². The largest absolute Gasteiger partial charge is 0.409 e. The van der Waals surface area contributed by atoms with Crippen molar-refractivity contribution in [2.24, 2.45) is 10.9 Å². The molecule has 0 unspecified atom stereocenters. The first-order valence-corrected chi connectivity index (χ1v) is 5.36. The molecule has 3 N–H and O–H groups in total. The lowest BCUT2D eigenvalue weighted by Gasteiger charge is -2.07. The van der Waals surface area contributed by atoms with E-state index in [1.807, 2.05) is 13.8 Å². The van der Waals surface area contributed by atoms with E-state index >= 15 is 0 Å². The Bertz CT molecular complexity index is 380. The van der Waals surface area contributed by atoms with E-state index in [4.69, 9.17) is 10.9 Å². The zero-order valence-corrected chi connectivity index (χ0v) is 9.38. The molecule has 0 aliphatic carbocycles. The molecular weight excluding hydrogens is 215 g/mol. The van der Waals surface area contributed by atoms with Crippen molar-refractivity contribution in [2.45, 2.75) is 24.0 Å². The molecule has 0 saturated heterocycles. The minimum Gasteiger partial charge on any atom is -0.409 e. The summed E-state index contributed by atoms with van der Waals surface area (Å²) >= 11 is 1.43. The van der Waals surface area contributed by atoms with Gasteiger partial charge in [0.1, 0.15) is 5.82 Å². The Labute approximate surface area is 92.2 Å². The Morgan fingerprint density at radius 3 is 2.67 bits per heavy atom. The summed E-state index contributed by atoms with van der Waals surface area (Å²) in [5, 5.41) is 11.6. The fourth-order valence-electron chi connectivity index (χ4n) is 1.07. The zero-order chi connectivity index (χ0) is 11.4. The Kier molecular flexibility index (Phi) is 3.96. The minimum absolute atomic E-state index is 0.0880. The summed E-state index contributed by atoms with van der Waals surface area (Å²) in [6, 6.07) is 4.52. The summed E-state index contributed by atoms with van der Waals surface area (Å²) in [6.45, 7) is 3.98. The van der Waals surface area contributed by atoms with Gasteiger partial charge in [0.15, 0.2) is 5.84 Å². The Balaban J connectivity index is 2.98. The smallest absolute Gasteiger partial charge is 0.170 e. The molecule has 0 aromatic heterocycles. The van der Waals surface area contributed by atoms with Crippen molar-refractivity contribution in [3.8, 4) is 0 Å². The number of nitrogens with zero attached hydrogens (tertiary/aromatic N) is 1. The van der Waals surface area contributed by atoms with Gasteiger partial charge in [-0.05, 0) is 18.2 Å². The van der Waals surface area contributed by atoms with Gasteiger partial charge in [-0.1, -0.05) is 19.0 Å². The zero-order valence-electron chi connectivity index (χ0n) is 8.57. The molecule has 0 spiro atoms. The summed E-state index contributed by atoms with van der Waals surface area (Å²) in [5.74, 6) is -0.437. The van der Waals surface area contributed by atoms with Crippen molar-refractivity contribution < 1.29 is 9.60 Å². The number of halogens is 1. The molecule has 0 saturated carbocycles. The molecule has 1 aromatic rings. The summed E-state index contributed by atoms with van der Waals surface area (Å²) in [6.07, 6.45) is 0. The number of rotatable bonds is 3. The molecule has 0 radical (unpaired) electrons. The normalized spacial score (nSPS) is 12.1. The number of thioether (sulfide) groups is 1. The molecule has 1 aromatic carbocycles. The van der Waals surface area contributed by atoms with E-state index in [1.54, 1.807) is 12.1 Å². The Morgan fingerprint density at radius 1 is 1.53 bits per heavy atom. The van der Waals surface area contributed by atoms with Gasteiger partial charge in [-0.3, -0.25) is 0 Å². The van der Waals surface area contributed by atoms with E-state index in [1.165, 1.54) is 17.8 Å². The molecule has 0 aliphatic rings. The SMILES string of the molecule is CC(C)Sc1ccc(/C(N)=N/O)cc1F. The monoisotopic (exact) mass is 228 g/mol. The highest BCUT2D eigenvalue weighted by atomic mass is 32.2. The van der Waals surface area contributed by atoms with Crippen LogP contribution in [0, 0.1) is 5.82 Å². The van der Waals surface area contributed by atoms with Crippen LogP contribution in [0.4, 0.5) is 4.39 Å². The number of amidine groups is 1. The third kappa shape index (κ3) is 3.13. The molecule has 3 nitrogen and oxygen atoms in total. The Morgan fingerprint density at radius 2 is 2.20 bits per heavy atom. The van der Waals surface area contributed by atoms with Gasteiger partial charge >= 0.3 is 0 Å². The van der Waals surface area contributed by atoms with Crippen LogP contribution in [0.1, 0.15) is 19.4 Å². The van der Waals surface area contributed by atoms with Gasteiger partial charge in [0.25, 0.3) is 0 Å². The highest BCUT2D eigenvalue weighted by Crippen LogP contribution is 2.26. The van der Waals surface area contributed by atoms with E-state index in [2.05, 4.69) is 5.16 Å². The van der Waals surface area contributed by atoms with Crippen LogP contribution < -0.4 is 5.73 Å². The van der Waals surface area contributed by atoms with E-state index < -0.39 is 0 Å². The highest BCUT2D eigenvalue weighted by Gasteiger charge is 2.08. The molecule has 0 bridgehead atoms. The summed E-state index contributed by atoms with van der Waals surface area (Å²) in [4.78, 5) is 0.569. The first-order chi connectivity index (χ1) is 7.04. The average molecular weight is 228 g/mol. The van der Waals surface area contributed by atoms with Crippen LogP contribution >= 0.6 is 11.8 Å². The lowest BCUT2D eigenvalue weighted by molar-refractivity contribution is 0.318. The first-order valence-electron chi connectivity index (χ1n) is 4.48. The molecule has 0 fully saturated rings. The van der Waals surface area contributed by atoms with Gasteiger partial charge in [0.05, 0.1) is 0 Å². The van der Waals surface area contributed by atoms with E-state index in [0.29, 0.717) is 15.7 Å². The van der Waals surface area contributed by atoms with Crippen molar-refractivity contribution in [2.75, 3.05) is 0 Å². The fourth-order valence-corrected chi connectivity index (χ4v) is 1.89. The number of hydrogen-bond acceptors (Lipinski definition) is 3. The van der Waals surface area contributed by atoms with Gasteiger partial charge in [-0.2, -0.15) is 0 Å². The molecule has 0 atom stereocenters. The standard InChI is InChI=1S/C10H13FN2OS/c1-6(2)15-9-4-3-7(5-8(9)11)10(12)13-14/h3-6,14H,1-2H3,(H2,12,13). The van der Waals surface area contributed by atoms with Gasteiger partial charge < -0.3 is 10.9 Å². The summed E-state index contributed by atoms with van der Waals surface area (Å²) in [5.41, 5.74) is 5.72. The van der Waals surface area contributed by atoms with Gasteiger partial charge in [0, 0.05) is 15.7 Å². The first kappa shape index (κ1) is 11.8. The molecular formula is C10H13FN2OS. The quantitative estimate of drug-likeness (QED) is 0.274. The second kappa shape index (κ2) is 5.02. The molecule has 0 aliphatic heterocycles. The number of hydrogen-bond donors (Lipinski definition) is 2. The lowest BCUT2D eigenvalue weighted by Crippen LogP contribution is -2.13. The highest BCUT2D eigenvalue weighted by molar-refractivity contribution is 7.99. The molecule has 1 rings (SSSR count). The average Bonchev–Trinajstić information content (AvgIpc) is 2.19. The van der Waals surface area contributed by atoms with Crippen LogP contribution in [0.3, 0.4) is 0 Å². The number of benzene rings is 1. The van der Waals surface area contributed by atoms with Crippen molar-refractivity contribution >= 4 is 17.6 Å². The van der Waals surface area contributed by atoms with Crippen LogP contribution in [0.5, 0.6) is 0 Å². The maximum atomic E-state index is 13.5. The predicted molar refractivity (Wildman–Crippen MR) is 59.9 cm³/mol. The molecule has 15 heavy (non-hydrogen) atoms. The van der Waals surface area contributed by atoms with Crippen molar-refractivity contribution in [1.29, 1.82) is 0 Å². The van der Waals surface area contributed by atoms with Crippen LogP contribution in [0.2, 0.25) is 0 Å². The molecule has 0 amide bonds. The predicted octanol–water partition coefficient (Wildman–Crippen LogP) is 2.42. The number of oxime groups is 1. The van der Waals surface area contributed by atoms with Crippen molar-refractivity contribution in [3.63, 3.8) is 0 Å². The van der Waals surface area contributed by atoms with Crippen molar-refractivity contribution in [1.82, 2.24) is 0 Å². The second-order valence-electron chi connectivity index (χ2n) is 3.30. The summed E-state index contributed by atoms with van der Waals surface area (Å²) in [7, 11) is 0. The van der Waals surface area contributed by atoms with Crippen molar-refractivity contribution in [3.05, 3.63) is 29.6 Å². The third-order valence-electron chi connectivity index (χ3n) is 1.70. The lowest BCUT2D eigenvalue weighted by atomic mass is 10.2. The maximum absolute atomic E-state index is 13.5. The van der Waals surface area contributed by atoms with Gasteiger partial charge in [-0.25, -0.2) is 4.39 Å². The van der Waals surface area contributed by atoms with Crippen LogP contribution in [-0.2, 0) is 0 Å². The van der Waals surface area contributed by atoms with E-state index in [-0.39, 0.29) is 11.7 Å².